The number of hydrogen-bond acceptors (Lipinski definition) is 4. The molecule has 0 atom stereocenters. The number of benzene rings is 1. The molecule has 1 fully saturated rings. The van der Waals surface area contributed by atoms with E-state index in [1.807, 2.05) is 25.2 Å². The van der Waals surface area contributed by atoms with Crippen molar-refractivity contribution in [2.24, 2.45) is 0 Å². The van der Waals surface area contributed by atoms with Crippen molar-refractivity contribution in [3.8, 4) is 0 Å². The molecule has 0 bridgehead atoms. The number of nitrogens with zero attached hydrogens (tertiary/aromatic N) is 3. The number of carbonyl (C=O) groups is 1. The minimum atomic E-state index is 0.169. The molecule has 0 spiro atoms. The number of nitrogen functional groups attached to an aromatic ring is 1. The number of nitrogens with two attached hydrogens (primary N) is 1. The molecule has 20 heavy (non-hydrogen) atoms. The van der Waals surface area contributed by atoms with Gasteiger partial charge in [0.25, 0.3) is 0 Å². The van der Waals surface area contributed by atoms with Gasteiger partial charge < -0.3 is 15.6 Å². The van der Waals surface area contributed by atoms with Crippen LogP contribution >= 0.6 is 0 Å². The Kier molecular flexibility index (Phi) is 3.31. The van der Waals surface area contributed by atoms with Crippen molar-refractivity contribution in [1.82, 2.24) is 19.8 Å². The van der Waals surface area contributed by atoms with E-state index in [2.05, 4.69) is 14.9 Å². The predicted molar refractivity (Wildman–Crippen MR) is 78.0 cm³/mol. The number of H-pyrrole nitrogens is 1. The summed E-state index contributed by atoms with van der Waals surface area (Å²) in [6, 6.07) is 5.64. The summed E-state index contributed by atoms with van der Waals surface area (Å²) in [4.78, 5) is 23.6. The smallest absolute Gasteiger partial charge is 0.236 e. The van der Waals surface area contributed by atoms with E-state index in [9.17, 15) is 4.79 Å². The number of carbonyl (C=O) groups excluding carboxylic acids is 1. The molecule has 1 saturated heterocycles. The molecule has 3 N–H and O–H groups in total. The number of likely N-dealkylation sites (N-methyl/N-ethyl adjacent to an activating group) is 1. The van der Waals surface area contributed by atoms with Crippen LogP contribution in [0.4, 0.5) is 5.69 Å². The van der Waals surface area contributed by atoms with Crippen LogP contribution in [0.15, 0.2) is 18.2 Å². The fourth-order valence-electron chi connectivity index (χ4n) is 2.55. The summed E-state index contributed by atoms with van der Waals surface area (Å²) in [5, 5.41) is 0. The highest BCUT2D eigenvalue weighted by Gasteiger charge is 2.19. The second-order valence-corrected chi connectivity index (χ2v) is 5.34. The van der Waals surface area contributed by atoms with Crippen molar-refractivity contribution in [1.29, 1.82) is 0 Å². The van der Waals surface area contributed by atoms with Gasteiger partial charge in [-0.3, -0.25) is 9.69 Å². The van der Waals surface area contributed by atoms with Gasteiger partial charge in [0.05, 0.1) is 24.1 Å². The van der Waals surface area contributed by atoms with Gasteiger partial charge in [-0.25, -0.2) is 4.98 Å². The molecule has 2 heterocycles. The molecule has 3 rings (SSSR count). The van der Waals surface area contributed by atoms with Crippen LogP contribution < -0.4 is 5.73 Å². The third kappa shape index (κ3) is 2.60. The van der Waals surface area contributed by atoms with Gasteiger partial charge in [-0.2, -0.15) is 0 Å². The molecule has 1 aliphatic heterocycles. The molecule has 2 aromatic rings. The van der Waals surface area contributed by atoms with Gasteiger partial charge in [0.15, 0.2) is 0 Å². The van der Waals surface area contributed by atoms with E-state index < -0.39 is 0 Å². The summed E-state index contributed by atoms with van der Waals surface area (Å²) in [5.41, 5.74) is 8.34. The van der Waals surface area contributed by atoms with Crippen LogP contribution in [0.5, 0.6) is 0 Å². The van der Waals surface area contributed by atoms with Crippen LogP contribution in [0.25, 0.3) is 11.0 Å². The minimum absolute atomic E-state index is 0.169. The molecule has 6 heteroatoms. The molecule has 1 aromatic heterocycles. The van der Waals surface area contributed by atoms with E-state index >= 15 is 0 Å². The molecule has 0 unspecified atom stereocenters. The maximum absolute atomic E-state index is 11.9. The molecule has 0 saturated carbocycles. The zero-order valence-electron chi connectivity index (χ0n) is 11.6. The van der Waals surface area contributed by atoms with E-state index in [0.717, 1.165) is 42.1 Å². The van der Waals surface area contributed by atoms with Gasteiger partial charge in [-0.1, -0.05) is 0 Å². The second-order valence-electron chi connectivity index (χ2n) is 5.34. The summed E-state index contributed by atoms with van der Waals surface area (Å²) in [6.07, 6.45) is 0.995. The van der Waals surface area contributed by atoms with Gasteiger partial charge in [0.2, 0.25) is 5.91 Å². The SMILES string of the molecule is CN1CCCN(Cc2nc3ccc(N)cc3[nH]2)CC1=O. The van der Waals surface area contributed by atoms with Gasteiger partial charge in [0, 0.05) is 25.8 Å². The molecule has 0 aliphatic carbocycles. The van der Waals surface area contributed by atoms with Crippen molar-refractivity contribution in [2.45, 2.75) is 13.0 Å². The van der Waals surface area contributed by atoms with Crippen LogP contribution in [0.2, 0.25) is 0 Å². The highest BCUT2D eigenvalue weighted by atomic mass is 16.2. The maximum atomic E-state index is 11.9. The number of imidazole rings is 1. The van der Waals surface area contributed by atoms with Crippen LogP contribution in [-0.2, 0) is 11.3 Å². The molecule has 1 aromatic carbocycles. The number of amides is 1. The lowest BCUT2D eigenvalue weighted by atomic mass is 10.3. The largest absolute Gasteiger partial charge is 0.399 e. The molecule has 1 aliphatic rings. The Labute approximate surface area is 117 Å². The molecular weight excluding hydrogens is 254 g/mol. The van der Waals surface area contributed by atoms with E-state index in [1.165, 1.54) is 0 Å². The minimum Gasteiger partial charge on any atom is -0.399 e. The van der Waals surface area contributed by atoms with Gasteiger partial charge in [0.1, 0.15) is 5.82 Å². The highest BCUT2D eigenvalue weighted by Crippen LogP contribution is 2.16. The Morgan fingerprint density at radius 3 is 3.10 bits per heavy atom. The first-order valence-electron chi connectivity index (χ1n) is 6.82. The first-order valence-corrected chi connectivity index (χ1v) is 6.82. The van der Waals surface area contributed by atoms with Gasteiger partial charge in [-0.15, -0.1) is 0 Å². The Morgan fingerprint density at radius 2 is 2.25 bits per heavy atom. The van der Waals surface area contributed by atoms with Crippen LogP contribution in [0, 0.1) is 0 Å². The van der Waals surface area contributed by atoms with Crippen LogP contribution in [0.1, 0.15) is 12.2 Å². The zero-order valence-corrected chi connectivity index (χ0v) is 11.6. The average Bonchev–Trinajstić information content (AvgIpc) is 2.71. The lowest BCUT2D eigenvalue weighted by molar-refractivity contribution is -0.130. The second kappa shape index (κ2) is 5.13. The summed E-state index contributed by atoms with van der Waals surface area (Å²) in [6.45, 7) is 2.85. The van der Waals surface area contributed by atoms with Gasteiger partial charge in [-0.05, 0) is 24.6 Å². The third-order valence-electron chi connectivity index (χ3n) is 3.68. The number of nitrogens with one attached hydrogen (secondary N) is 1. The summed E-state index contributed by atoms with van der Waals surface area (Å²) in [7, 11) is 1.86. The summed E-state index contributed by atoms with van der Waals surface area (Å²) < 4.78 is 0. The molecule has 0 radical (unpaired) electrons. The van der Waals surface area contributed by atoms with Crippen LogP contribution in [0.3, 0.4) is 0 Å². The highest BCUT2D eigenvalue weighted by molar-refractivity contribution is 5.79. The molecule has 106 valence electrons. The molecule has 1 amide bonds. The van der Waals surface area contributed by atoms with Crippen molar-refractivity contribution in [3.63, 3.8) is 0 Å². The lowest BCUT2D eigenvalue weighted by Gasteiger charge is -2.17. The summed E-state index contributed by atoms with van der Waals surface area (Å²) in [5.74, 6) is 1.05. The number of fused-ring (bicyclic) bond motifs is 1. The van der Waals surface area contributed by atoms with Crippen molar-refractivity contribution in [3.05, 3.63) is 24.0 Å². The third-order valence-corrected chi connectivity index (χ3v) is 3.68. The average molecular weight is 273 g/mol. The fraction of sp³-hybridized carbons (Fsp3) is 0.429. The monoisotopic (exact) mass is 273 g/mol. The number of aromatic amines is 1. The standard InChI is InChI=1S/C14H19N5O/c1-18-5-2-6-19(9-14(18)20)8-13-16-11-4-3-10(15)7-12(11)17-13/h3-4,7H,2,5-6,8-9,15H2,1H3,(H,16,17). The predicted octanol–water partition coefficient (Wildman–Crippen LogP) is 0.809. The number of anilines is 1. The van der Waals surface area contributed by atoms with Crippen molar-refractivity contribution >= 4 is 22.6 Å². The van der Waals surface area contributed by atoms with E-state index in [4.69, 9.17) is 5.73 Å². The topological polar surface area (TPSA) is 78.2 Å². The molecule has 6 nitrogen and oxygen atoms in total. The van der Waals surface area contributed by atoms with Crippen molar-refractivity contribution in [2.75, 3.05) is 32.4 Å². The fourth-order valence-corrected chi connectivity index (χ4v) is 2.55. The zero-order chi connectivity index (χ0) is 14.1. The number of rotatable bonds is 2. The van der Waals surface area contributed by atoms with E-state index in [-0.39, 0.29) is 5.91 Å². The maximum Gasteiger partial charge on any atom is 0.236 e. The first-order chi connectivity index (χ1) is 9.61. The Hall–Kier alpha value is -2.08. The normalized spacial score (nSPS) is 17.6. The molecular formula is C14H19N5O. The number of aromatic nitrogens is 2. The Balaban J connectivity index is 1.77. The van der Waals surface area contributed by atoms with Gasteiger partial charge >= 0.3 is 0 Å². The quantitative estimate of drug-likeness (QED) is 0.794. The number of hydrogen-bond donors (Lipinski definition) is 2. The van der Waals surface area contributed by atoms with E-state index in [0.29, 0.717) is 13.1 Å². The van der Waals surface area contributed by atoms with Crippen molar-refractivity contribution < 1.29 is 4.79 Å². The Bertz CT molecular complexity index is 636. The lowest BCUT2D eigenvalue weighted by Crippen LogP contribution is -2.34. The first kappa shape index (κ1) is 12.9. The van der Waals surface area contributed by atoms with Crippen LogP contribution in [-0.4, -0.2) is 52.4 Å². The summed E-state index contributed by atoms with van der Waals surface area (Å²) >= 11 is 0. The van der Waals surface area contributed by atoms with E-state index in [1.54, 1.807) is 4.90 Å². The Morgan fingerprint density at radius 1 is 1.40 bits per heavy atom.